The Hall–Kier alpha value is -2.73. The number of carbonyl (C=O) groups is 1. The quantitative estimate of drug-likeness (QED) is 0.775. The maximum atomic E-state index is 13.4. The molecule has 0 fully saturated rings. The lowest BCUT2D eigenvalue weighted by atomic mass is 9.91. The number of fused-ring (bicyclic) bond motifs is 1. The summed E-state index contributed by atoms with van der Waals surface area (Å²) in [4.78, 5) is 20.7. The van der Waals surface area contributed by atoms with Gasteiger partial charge in [-0.2, -0.15) is 0 Å². The third kappa shape index (κ3) is 2.45. The normalized spacial score (nSPS) is 16.6. The number of hydrogen-bond donors (Lipinski definition) is 1. The first-order valence-corrected chi connectivity index (χ1v) is 7.73. The zero-order valence-electron chi connectivity index (χ0n) is 12.4. The van der Waals surface area contributed by atoms with Crippen molar-refractivity contribution in [2.45, 2.75) is 12.3 Å². The second kappa shape index (κ2) is 5.72. The van der Waals surface area contributed by atoms with Crippen LogP contribution in [0.2, 0.25) is 5.02 Å². The first-order chi connectivity index (χ1) is 11.6. The van der Waals surface area contributed by atoms with E-state index in [1.807, 2.05) is 12.1 Å². The highest BCUT2D eigenvalue weighted by Crippen LogP contribution is 2.37. The van der Waals surface area contributed by atoms with Crippen molar-refractivity contribution < 1.29 is 9.18 Å². The number of hydrogen-bond acceptors (Lipinski definition) is 3. The van der Waals surface area contributed by atoms with Crippen LogP contribution in [-0.4, -0.2) is 20.4 Å². The smallest absolute Gasteiger partial charge is 0.226 e. The highest BCUT2D eigenvalue weighted by Gasteiger charge is 2.31. The van der Waals surface area contributed by atoms with E-state index in [1.165, 1.54) is 12.1 Å². The van der Waals surface area contributed by atoms with Gasteiger partial charge in [-0.15, -0.1) is 0 Å². The third-order valence-corrected chi connectivity index (χ3v) is 4.33. The molecule has 24 heavy (non-hydrogen) atoms. The van der Waals surface area contributed by atoms with E-state index in [0.29, 0.717) is 17.9 Å². The number of anilines is 1. The molecule has 4 rings (SSSR count). The molecule has 1 amide bonds. The molecule has 7 heteroatoms. The number of rotatable bonds is 2. The minimum Gasteiger partial charge on any atom is -0.310 e. The molecule has 3 heterocycles. The van der Waals surface area contributed by atoms with Crippen LogP contribution in [0.15, 0.2) is 49.1 Å². The molecule has 0 saturated heterocycles. The standard InChI is InChI=1S/C17H12ClFN4O/c18-13-6-11(3-4-14(13)19)23-9-21-16-12(7-15(24)22-17(16)23)10-2-1-5-20-8-10/h1-6,8-9,12H,7H2,(H,22,24). The van der Waals surface area contributed by atoms with Crippen molar-refractivity contribution in [1.82, 2.24) is 14.5 Å². The summed E-state index contributed by atoms with van der Waals surface area (Å²) in [6.07, 6.45) is 5.33. The fourth-order valence-electron chi connectivity index (χ4n) is 2.90. The lowest BCUT2D eigenvalue weighted by Gasteiger charge is -2.23. The summed E-state index contributed by atoms with van der Waals surface area (Å²) >= 11 is 5.86. The Balaban J connectivity index is 1.83. The van der Waals surface area contributed by atoms with Crippen molar-refractivity contribution in [3.63, 3.8) is 0 Å². The van der Waals surface area contributed by atoms with E-state index in [2.05, 4.69) is 15.3 Å². The van der Waals surface area contributed by atoms with Crippen LogP contribution in [0.5, 0.6) is 0 Å². The van der Waals surface area contributed by atoms with Crippen LogP contribution in [0.4, 0.5) is 10.2 Å². The van der Waals surface area contributed by atoms with Gasteiger partial charge >= 0.3 is 0 Å². The molecule has 0 saturated carbocycles. The molecule has 0 radical (unpaired) electrons. The lowest BCUT2D eigenvalue weighted by Crippen LogP contribution is -2.25. The molecule has 1 aliphatic heterocycles. The van der Waals surface area contributed by atoms with Gasteiger partial charge in [0.15, 0.2) is 0 Å². The Morgan fingerprint density at radius 2 is 2.21 bits per heavy atom. The molecular weight excluding hydrogens is 331 g/mol. The first-order valence-electron chi connectivity index (χ1n) is 7.36. The highest BCUT2D eigenvalue weighted by atomic mass is 35.5. The summed E-state index contributed by atoms with van der Waals surface area (Å²) in [5.74, 6) is -0.194. The predicted octanol–water partition coefficient (Wildman–Crippen LogP) is 3.53. The van der Waals surface area contributed by atoms with Gasteiger partial charge in [0, 0.05) is 24.7 Å². The number of nitrogens with zero attached hydrogens (tertiary/aromatic N) is 3. The lowest BCUT2D eigenvalue weighted by molar-refractivity contribution is -0.116. The molecular formula is C17H12ClFN4O. The molecule has 0 bridgehead atoms. The topological polar surface area (TPSA) is 59.8 Å². The second-order valence-corrected chi connectivity index (χ2v) is 5.95. The van der Waals surface area contributed by atoms with Gasteiger partial charge in [-0.3, -0.25) is 14.3 Å². The van der Waals surface area contributed by atoms with Gasteiger partial charge in [-0.05, 0) is 29.8 Å². The Labute approximate surface area is 142 Å². The van der Waals surface area contributed by atoms with Crippen LogP contribution in [-0.2, 0) is 4.79 Å². The Bertz CT molecular complexity index is 926. The molecule has 1 atom stereocenters. The molecule has 0 aliphatic carbocycles. The average molecular weight is 343 g/mol. The summed E-state index contributed by atoms with van der Waals surface area (Å²) in [6.45, 7) is 0. The van der Waals surface area contributed by atoms with Gasteiger partial charge in [0.1, 0.15) is 18.0 Å². The van der Waals surface area contributed by atoms with E-state index >= 15 is 0 Å². The Kier molecular flexibility index (Phi) is 3.54. The van der Waals surface area contributed by atoms with Crippen molar-refractivity contribution in [2.24, 2.45) is 0 Å². The van der Waals surface area contributed by atoms with E-state index in [0.717, 1.165) is 11.3 Å². The molecule has 1 aliphatic rings. The maximum absolute atomic E-state index is 13.4. The molecule has 3 aromatic rings. The summed E-state index contributed by atoms with van der Waals surface area (Å²) in [5, 5.41) is 2.86. The summed E-state index contributed by atoms with van der Waals surface area (Å²) in [7, 11) is 0. The van der Waals surface area contributed by atoms with Crippen LogP contribution < -0.4 is 5.32 Å². The number of carbonyl (C=O) groups excluding carboxylic acids is 1. The van der Waals surface area contributed by atoms with Crippen molar-refractivity contribution >= 4 is 23.3 Å². The van der Waals surface area contributed by atoms with E-state index < -0.39 is 5.82 Å². The van der Waals surface area contributed by atoms with Crippen molar-refractivity contribution in [2.75, 3.05) is 5.32 Å². The molecule has 5 nitrogen and oxygen atoms in total. The van der Waals surface area contributed by atoms with Gasteiger partial charge in [0.05, 0.1) is 16.4 Å². The Morgan fingerprint density at radius 1 is 1.33 bits per heavy atom. The fraction of sp³-hybridized carbons (Fsp3) is 0.118. The van der Waals surface area contributed by atoms with Crippen molar-refractivity contribution in [1.29, 1.82) is 0 Å². The van der Waals surface area contributed by atoms with Crippen LogP contribution in [0.1, 0.15) is 23.6 Å². The molecule has 1 aromatic carbocycles. The SMILES string of the molecule is O=C1CC(c2cccnc2)c2ncn(-c3ccc(F)c(Cl)c3)c2N1. The number of aromatic nitrogens is 3. The van der Waals surface area contributed by atoms with Gasteiger partial charge in [-0.25, -0.2) is 9.37 Å². The number of halogens is 2. The van der Waals surface area contributed by atoms with Crippen LogP contribution in [0.3, 0.4) is 0 Å². The summed E-state index contributed by atoms with van der Waals surface area (Å²) in [5.41, 5.74) is 2.31. The van der Waals surface area contributed by atoms with Gasteiger partial charge in [0.25, 0.3) is 0 Å². The van der Waals surface area contributed by atoms with Crippen LogP contribution in [0, 0.1) is 5.82 Å². The largest absolute Gasteiger partial charge is 0.310 e. The minimum atomic E-state index is -0.494. The molecule has 2 aromatic heterocycles. The number of imidazole rings is 1. The fourth-order valence-corrected chi connectivity index (χ4v) is 3.07. The van der Waals surface area contributed by atoms with E-state index in [9.17, 15) is 9.18 Å². The second-order valence-electron chi connectivity index (χ2n) is 5.54. The first kappa shape index (κ1) is 14.8. The van der Waals surface area contributed by atoms with E-state index in [1.54, 1.807) is 29.4 Å². The van der Waals surface area contributed by atoms with E-state index in [-0.39, 0.29) is 16.8 Å². The number of amides is 1. The number of benzene rings is 1. The zero-order chi connectivity index (χ0) is 16.7. The predicted molar refractivity (Wildman–Crippen MR) is 87.9 cm³/mol. The van der Waals surface area contributed by atoms with Crippen LogP contribution in [0.25, 0.3) is 5.69 Å². The number of nitrogens with one attached hydrogen (secondary N) is 1. The molecule has 1 N–H and O–H groups in total. The summed E-state index contributed by atoms with van der Waals surface area (Å²) < 4.78 is 15.1. The zero-order valence-corrected chi connectivity index (χ0v) is 13.2. The van der Waals surface area contributed by atoms with E-state index in [4.69, 9.17) is 11.6 Å². The van der Waals surface area contributed by atoms with Gasteiger partial charge in [-0.1, -0.05) is 17.7 Å². The highest BCUT2D eigenvalue weighted by molar-refractivity contribution is 6.30. The summed E-state index contributed by atoms with van der Waals surface area (Å²) in [6, 6.07) is 8.13. The van der Waals surface area contributed by atoms with Gasteiger partial charge < -0.3 is 5.32 Å². The number of pyridine rings is 1. The van der Waals surface area contributed by atoms with Crippen molar-refractivity contribution in [3.8, 4) is 5.69 Å². The maximum Gasteiger partial charge on any atom is 0.226 e. The average Bonchev–Trinajstić information content (AvgIpc) is 3.01. The van der Waals surface area contributed by atoms with Crippen LogP contribution >= 0.6 is 11.6 Å². The molecule has 120 valence electrons. The minimum absolute atomic E-state index is 0.0147. The third-order valence-electron chi connectivity index (χ3n) is 4.04. The Morgan fingerprint density at radius 3 is 2.96 bits per heavy atom. The van der Waals surface area contributed by atoms with Crippen molar-refractivity contribution in [3.05, 3.63) is 71.2 Å². The molecule has 0 spiro atoms. The van der Waals surface area contributed by atoms with Gasteiger partial charge in [0.2, 0.25) is 5.91 Å². The molecule has 1 unspecified atom stereocenters. The monoisotopic (exact) mass is 342 g/mol.